The summed E-state index contributed by atoms with van der Waals surface area (Å²) in [4.78, 5) is 29.8. The third-order valence-corrected chi connectivity index (χ3v) is 5.10. The molecule has 0 fully saturated rings. The van der Waals surface area contributed by atoms with E-state index in [0.717, 1.165) is 16.9 Å². The number of carbonyl (C=O) groups is 2. The number of rotatable bonds is 5. The Morgan fingerprint density at radius 2 is 2.08 bits per heavy atom. The highest BCUT2D eigenvalue weighted by Crippen LogP contribution is 2.24. The maximum absolute atomic E-state index is 12.2. The van der Waals surface area contributed by atoms with E-state index < -0.39 is 18.0 Å². The van der Waals surface area contributed by atoms with Crippen molar-refractivity contribution in [1.29, 1.82) is 0 Å². The Morgan fingerprint density at radius 1 is 1.38 bits per heavy atom. The van der Waals surface area contributed by atoms with Crippen LogP contribution in [0.15, 0.2) is 18.3 Å². The van der Waals surface area contributed by atoms with E-state index in [1.807, 2.05) is 13.8 Å². The van der Waals surface area contributed by atoms with Gasteiger partial charge in [-0.3, -0.25) is 4.79 Å². The lowest BCUT2D eigenvalue weighted by atomic mass is 10.2. The fourth-order valence-corrected chi connectivity index (χ4v) is 3.39. The first-order valence-electron chi connectivity index (χ1n) is 7.24. The first-order chi connectivity index (χ1) is 11.3. The first kappa shape index (κ1) is 18.7. The molecule has 2 rings (SSSR count). The minimum atomic E-state index is -0.987. The van der Waals surface area contributed by atoms with Crippen molar-refractivity contribution < 1.29 is 14.3 Å². The van der Waals surface area contributed by atoms with Crippen molar-refractivity contribution in [3.63, 3.8) is 0 Å². The molecule has 0 aliphatic rings. The van der Waals surface area contributed by atoms with Gasteiger partial charge in [0.1, 0.15) is 4.88 Å². The Kier molecular flexibility index (Phi) is 6.21. The summed E-state index contributed by atoms with van der Waals surface area (Å²) >= 11 is 13.1. The molecule has 0 bridgehead atoms. The normalized spacial score (nSPS) is 11.9. The Balaban J connectivity index is 2.01. The van der Waals surface area contributed by atoms with Crippen LogP contribution in [0.3, 0.4) is 0 Å². The second-order valence-electron chi connectivity index (χ2n) is 5.09. The van der Waals surface area contributed by atoms with E-state index in [1.165, 1.54) is 30.5 Å². The number of hydrogen-bond acceptors (Lipinski definition) is 5. The van der Waals surface area contributed by atoms with Crippen LogP contribution >= 0.6 is 34.5 Å². The van der Waals surface area contributed by atoms with Gasteiger partial charge in [0, 0.05) is 11.1 Å². The third kappa shape index (κ3) is 4.47. The number of ether oxygens (including phenoxy) is 1. The van der Waals surface area contributed by atoms with Gasteiger partial charge in [0.25, 0.3) is 5.91 Å². The number of halogens is 2. The Hall–Kier alpha value is -1.63. The van der Waals surface area contributed by atoms with Crippen LogP contribution in [0.2, 0.25) is 10.0 Å². The number of anilines is 1. The number of aryl methyl sites for hydroxylation is 2. The van der Waals surface area contributed by atoms with Crippen LogP contribution in [-0.2, 0) is 16.0 Å². The van der Waals surface area contributed by atoms with Crippen LogP contribution < -0.4 is 5.32 Å². The lowest BCUT2D eigenvalue weighted by molar-refractivity contribution is -0.123. The van der Waals surface area contributed by atoms with Crippen LogP contribution in [0.25, 0.3) is 0 Å². The molecule has 1 N–H and O–H groups in total. The molecule has 2 aromatic heterocycles. The second kappa shape index (κ2) is 7.96. The number of hydrogen-bond donors (Lipinski definition) is 1. The molecule has 24 heavy (non-hydrogen) atoms. The van der Waals surface area contributed by atoms with Crippen LogP contribution in [0.5, 0.6) is 0 Å². The van der Waals surface area contributed by atoms with Crippen molar-refractivity contribution in [2.45, 2.75) is 33.3 Å². The van der Waals surface area contributed by atoms with Crippen molar-refractivity contribution in [3.05, 3.63) is 43.7 Å². The zero-order valence-corrected chi connectivity index (χ0v) is 15.7. The maximum atomic E-state index is 12.2. The molecule has 128 valence electrons. The summed E-state index contributed by atoms with van der Waals surface area (Å²) in [5.74, 6) is -0.890. The number of amides is 1. The quantitative estimate of drug-likeness (QED) is 0.767. The topological polar surface area (TPSA) is 68.3 Å². The summed E-state index contributed by atoms with van der Waals surface area (Å²) in [6, 6.07) is 3.23. The SMILES string of the molecule is CCc1sc(C(=O)O[C@@H](C)C(=O)Nc2ncc(Cl)cc2Cl)cc1C. The number of esters is 1. The van der Waals surface area contributed by atoms with E-state index in [0.29, 0.717) is 9.90 Å². The smallest absolute Gasteiger partial charge is 0.349 e. The van der Waals surface area contributed by atoms with E-state index in [1.54, 1.807) is 6.07 Å². The fraction of sp³-hybridized carbons (Fsp3) is 0.312. The zero-order valence-electron chi connectivity index (χ0n) is 13.4. The van der Waals surface area contributed by atoms with E-state index in [4.69, 9.17) is 27.9 Å². The van der Waals surface area contributed by atoms with E-state index in [2.05, 4.69) is 10.3 Å². The van der Waals surface area contributed by atoms with Gasteiger partial charge in [-0.25, -0.2) is 9.78 Å². The summed E-state index contributed by atoms with van der Waals surface area (Å²) < 4.78 is 5.21. The van der Waals surface area contributed by atoms with Gasteiger partial charge in [-0.1, -0.05) is 30.1 Å². The molecule has 1 atom stereocenters. The number of nitrogens with one attached hydrogen (secondary N) is 1. The highest BCUT2D eigenvalue weighted by Gasteiger charge is 2.22. The summed E-state index contributed by atoms with van der Waals surface area (Å²) in [5, 5.41) is 3.07. The van der Waals surface area contributed by atoms with Gasteiger partial charge < -0.3 is 10.1 Å². The van der Waals surface area contributed by atoms with Crippen molar-refractivity contribution in [3.8, 4) is 0 Å². The molecule has 1 amide bonds. The molecule has 0 aliphatic heterocycles. The van der Waals surface area contributed by atoms with Crippen molar-refractivity contribution in [1.82, 2.24) is 4.98 Å². The molecular weight excluding hydrogens is 371 g/mol. The zero-order chi connectivity index (χ0) is 17.9. The standard InChI is InChI=1S/C16H16Cl2N2O3S/c1-4-12-8(2)5-13(24-12)16(22)23-9(3)15(21)20-14-11(18)6-10(17)7-19-14/h5-7,9H,4H2,1-3H3,(H,19,20,21)/t9-/m0/s1. The number of thiophene rings is 1. The summed E-state index contributed by atoms with van der Waals surface area (Å²) in [6.07, 6.45) is 1.22. The summed E-state index contributed by atoms with van der Waals surface area (Å²) in [6.45, 7) is 5.45. The van der Waals surface area contributed by atoms with Crippen LogP contribution in [0, 0.1) is 6.92 Å². The lowest BCUT2D eigenvalue weighted by Gasteiger charge is -2.13. The Labute approximate surface area is 153 Å². The van der Waals surface area contributed by atoms with E-state index >= 15 is 0 Å². The molecule has 2 aromatic rings. The molecule has 0 aliphatic carbocycles. The number of nitrogens with zero attached hydrogens (tertiary/aromatic N) is 1. The molecule has 0 saturated carbocycles. The minimum Gasteiger partial charge on any atom is -0.448 e. The molecular formula is C16H16Cl2N2O3S. The first-order valence-corrected chi connectivity index (χ1v) is 8.81. The monoisotopic (exact) mass is 386 g/mol. The molecule has 0 radical (unpaired) electrons. The van der Waals surface area contributed by atoms with Gasteiger partial charge >= 0.3 is 5.97 Å². The highest BCUT2D eigenvalue weighted by molar-refractivity contribution is 7.14. The molecule has 5 nitrogen and oxygen atoms in total. The van der Waals surface area contributed by atoms with Gasteiger partial charge in [0.15, 0.2) is 11.9 Å². The lowest BCUT2D eigenvalue weighted by Crippen LogP contribution is -2.30. The van der Waals surface area contributed by atoms with Gasteiger partial charge in [0.05, 0.1) is 10.0 Å². The molecule has 0 unspecified atom stereocenters. The third-order valence-electron chi connectivity index (χ3n) is 3.25. The van der Waals surface area contributed by atoms with Crippen LogP contribution in [0.4, 0.5) is 5.82 Å². The van der Waals surface area contributed by atoms with Gasteiger partial charge in [-0.15, -0.1) is 11.3 Å². The van der Waals surface area contributed by atoms with E-state index in [-0.39, 0.29) is 10.8 Å². The van der Waals surface area contributed by atoms with Crippen molar-refractivity contribution >= 4 is 52.2 Å². The molecule has 2 heterocycles. The average molecular weight is 387 g/mol. The molecule has 0 aromatic carbocycles. The highest BCUT2D eigenvalue weighted by atomic mass is 35.5. The maximum Gasteiger partial charge on any atom is 0.349 e. The van der Waals surface area contributed by atoms with Crippen LogP contribution in [0.1, 0.15) is 34.0 Å². The fourth-order valence-electron chi connectivity index (χ4n) is 1.97. The van der Waals surface area contributed by atoms with Gasteiger partial charge in [-0.2, -0.15) is 0 Å². The van der Waals surface area contributed by atoms with Crippen molar-refractivity contribution in [2.24, 2.45) is 0 Å². The predicted molar refractivity (Wildman–Crippen MR) is 96.2 cm³/mol. The van der Waals surface area contributed by atoms with Crippen molar-refractivity contribution in [2.75, 3.05) is 5.32 Å². The predicted octanol–water partition coefficient (Wildman–Crippen LogP) is 4.50. The minimum absolute atomic E-state index is 0.161. The summed E-state index contributed by atoms with van der Waals surface area (Å²) in [7, 11) is 0. The Bertz CT molecular complexity index is 777. The molecule has 0 saturated heterocycles. The second-order valence-corrected chi connectivity index (χ2v) is 7.07. The number of pyridine rings is 1. The summed E-state index contributed by atoms with van der Waals surface area (Å²) in [5.41, 5.74) is 1.05. The average Bonchev–Trinajstić information content (AvgIpc) is 2.91. The number of aromatic nitrogens is 1. The largest absolute Gasteiger partial charge is 0.448 e. The van der Waals surface area contributed by atoms with Crippen LogP contribution in [-0.4, -0.2) is 23.0 Å². The van der Waals surface area contributed by atoms with E-state index in [9.17, 15) is 9.59 Å². The van der Waals surface area contributed by atoms with Gasteiger partial charge in [0.2, 0.25) is 0 Å². The van der Waals surface area contributed by atoms with Gasteiger partial charge in [-0.05, 0) is 38.0 Å². The molecule has 0 spiro atoms. The number of carbonyl (C=O) groups excluding carboxylic acids is 2. The Morgan fingerprint density at radius 3 is 2.67 bits per heavy atom. The molecule has 8 heteroatoms.